The van der Waals surface area contributed by atoms with E-state index < -0.39 is 21.2 Å². The van der Waals surface area contributed by atoms with E-state index in [2.05, 4.69) is 0 Å². The second kappa shape index (κ2) is 4.77. The Labute approximate surface area is 90.7 Å². The fraction of sp³-hybridized carbons (Fsp3) is 0.455. The molecule has 0 fully saturated rings. The first-order valence-corrected chi connectivity index (χ1v) is 6.65. The Kier molecular flexibility index (Phi) is 3.88. The molecule has 0 amide bonds. The van der Waals surface area contributed by atoms with Crippen LogP contribution in [0.25, 0.3) is 0 Å². The third-order valence-corrected chi connectivity index (χ3v) is 4.75. The van der Waals surface area contributed by atoms with E-state index in [4.69, 9.17) is 0 Å². The van der Waals surface area contributed by atoms with Crippen molar-refractivity contribution in [3.8, 4) is 0 Å². The highest BCUT2D eigenvalue weighted by Gasteiger charge is 2.27. The van der Waals surface area contributed by atoms with Gasteiger partial charge in [0.25, 0.3) is 0 Å². The van der Waals surface area contributed by atoms with Crippen LogP contribution >= 0.6 is 0 Å². The molecule has 2 atom stereocenters. The normalized spacial score (nSPS) is 15.9. The third kappa shape index (κ3) is 2.79. The van der Waals surface area contributed by atoms with Gasteiger partial charge in [-0.2, -0.15) is 0 Å². The second-order valence-electron chi connectivity index (χ2n) is 3.51. The van der Waals surface area contributed by atoms with Crippen molar-refractivity contribution >= 4 is 9.84 Å². The highest BCUT2D eigenvalue weighted by molar-refractivity contribution is 7.92. The summed E-state index contributed by atoms with van der Waals surface area (Å²) in [5, 5.41) is 9.12. The Morgan fingerprint density at radius 2 is 1.80 bits per heavy atom. The summed E-state index contributed by atoms with van der Waals surface area (Å²) in [6, 6.07) is 8.85. The van der Waals surface area contributed by atoms with Crippen LogP contribution in [-0.4, -0.2) is 24.5 Å². The first-order valence-electron chi connectivity index (χ1n) is 4.93. The second-order valence-corrected chi connectivity index (χ2v) is 6.16. The number of rotatable bonds is 4. The van der Waals surface area contributed by atoms with Gasteiger partial charge in [-0.1, -0.05) is 37.3 Å². The fourth-order valence-corrected chi connectivity index (χ4v) is 2.46. The molecule has 0 aliphatic rings. The third-order valence-electron chi connectivity index (χ3n) is 2.55. The summed E-state index contributed by atoms with van der Waals surface area (Å²) in [4.78, 5) is 0. The molecule has 3 nitrogen and oxygen atoms in total. The van der Waals surface area contributed by atoms with Crippen molar-refractivity contribution in [1.82, 2.24) is 0 Å². The molecular formula is C11H16O3S. The van der Waals surface area contributed by atoms with Gasteiger partial charge in [-0.3, -0.25) is 0 Å². The summed E-state index contributed by atoms with van der Waals surface area (Å²) in [5.41, 5.74) is 0.641. The van der Waals surface area contributed by atoms with Gasteiger partial charge in [-0.15, -0.1) is 0 Å². The number of hydrogen-bond acceptors (Lipinski definition) is 3. The smallest absolute Gasteiger partial charge is 0.155 e. The number of hydrogen-bond donors (Lipinski definition) is 1. The van der Waals surface area contributed by atoms with Crippen molar-refractivity contribution in [3.05, 3.63) is 35.9 Å². The lowest BCUT2D eigenvalue weighted by atomic mass is 10.1. The molecule has 1 aromatic rings. The predicted octanol–water partition coefficient (Wildman–Crippen LogP) is 1.54. The average molecular weight is 228 g/mol. The molecule has 2 unspecified atom stereocenters. The average Bonchev–Trinajstić information content (AvgIpc) is 2.28. The summed E-state index contributed by atoms with van der Waals surface area (Å²) >= 11 is 0. The zero-order valence-corrected chi connectivity index (χ0v) is 9.74. The van der Waals surface area contributed by atoms with Gasteiger partial charge in [0.05, 0.1) is 11.4 Å². The Bertz CT molecular complexity index is 397. The van der Waals surface area contributed by atoms with Gasteiger partial charge in [0.1, 0.15) is 0 Å². The molecule has 0 saturated carbocycles. The van der Waals surface area contributed by atoms with Crippen molar-refractivity contribution in [2.24, 2.45) is 0 Å². The van der Waals surface area contributed by atoms with Crippen molar-refractivity contribution in [2.45, 2.75) is 25.2 Å². The minimum absolute atomic E-state index is 0.0536. The van der Waals surface area contributed by atoms with Crippen molar-refractivity contribution < 1.29 is 13.5 Å². The molecule has 0 aromatic heterocycles. The van der Waals surface area contributed by atoms with Crippen LogP contribution in [0.4, 0.5) is 0 Å². The molecule has 15 heavy (non-hydrogen) atoms. The maximum absolute atomic E-state index is 11.6. The molecule has 0 radical (unpaired) electrons. The van der Waals surface area contributed by atoms with E-state index in [1.165, 1.54) is 6.92 Å². The van der Waals surface area contributed by atoms with Crippen molar-refractivity contribution in [1.29, 1.82) is 0 Å². The van der Waals surface area contributed by atoms with Gasteiger partial charge in [-0.25, -0.2) is 8.42 Å². The first-order chi connectivity index (χ1) is 6.99. The Hall–Kier alpha value is -0.870. The van der Waals surface area contributed by atoms with E-state index in [0.717, 1.165) is 0 Å². The Balaban J connectivity index is 2.92. The lowest BCUT2D eigenvalue weighted by Gasteiger charge is -2.18. The van der Waals surface area contributed by atoms with Gasteiger partial charge in [0.2, 0.25) is 0 Å². The monoisotopic (exact) mass is 228 g/mol. The zero-order chi connectivity index (χ0) is 11.5. The standard InChI is InChI=1S/C11H16O3S/c1-3-15(13,14)9(2)11(12)10-7-5-4-6-8-10/h4-9,11-12H,3H2,1-2H3. The van der Waals surface area contributed by atoms with E-state index >= 15 is 0 Å². The van der Waals surface area contributed by atoms with Gasteiger partial charge >= 0.3 is 0 Å². The van der Waals surface area contributed by atoms with Crippen LogP contribution < -0.4 is 0 Å². The molecular weight excluding hydrogens is 212 g/mol. The lowest BCUT2D eigenvalue weighted by molar-refractivity contribution is 0.176. The van der Waals surface area contributed by atoms with Gasteiger partial charge < -0.3 is 5.11 Å². The topological polar surface area (TPSA) is 54.4 Å². The molecule has 0 aliphatic carbocycles. The maximum atomic E-state index is 11.6. The quantitative estimate of drug-likeness (QED) is 0.850. The fourth-order valence-electron chi connectivity index (χ4n) is 1.38. The van der Waals surface area contributed by atoms with Crippen molar-refractivity contribution in [2.75, 3.05) is 5.75 Å². The van der Waals surface area contributed by atoms with Crippen LogP contribution in [0.5, 0.6) is 0 Å². The van der Waals surface area contributed by atoms with Crippen LogP contribution in [0.3, 0.4) is 0 Å². The zero-order valence-electron chi connectivity index (χ0n) is 8.92. The molecule has 84 valence electrons. The van der Waals surface area contributed by atoms with Gasteiger partial charge in [-0.05, 0) is 12.5 Å². The highest BCUT2D eigenvalue weighted by Crippen LogP contribution is 2.21. The largest absolute Gasteiger partial charge is 0.387 e. The summed E-state index contributed by atoms with van der Waals surface area (Å²) in [6.07, 6.45) is -0.948. The summed E-state index contributed by atoms with van der Waals surface area (Å²) in [5.74, 6) is 0.0536. The van der Waals surface area contributed by atoms with Gasteiger partial charge in [0, 0.05) is 5.75 Å². The molecule has 0 heterocycles. The van der Waals surface area contributed by atoms with E-state index in [9.17, 15) is 13.5 Å². The van der Waals surface area contributed by atoms with Gasteiger partial charge in [0.15, 0.2) is 9.84 Å². The maximum Gasteiger partial charge on any atom is 0.155 e. The van der Waals surface area contributed by atoms with Crippen LogP contribution in [-0.2, 0) is 9.84 Å². The van der Waals surface area contributed by atoms with Crippen LogP contribution in [0, 0.1) is 0 Å². The Morgan fingerprint density at radius 3 is 2.27 bits per heavy atom. The molecule has 4 heteroatoms. The summed E-state index contributed by atoms with van der Waals surface area (Å²) in [7, 11) is -3.20. The minimum atomic E-state index is -3.20. The van der Waals surface area contributed by atoms with E-state index in [1.807, 2.05) is 6.07 Å². The van der Waals surface area contributed by atoms with E-state index in [1.54, 1.807) is 31.2 Å². The first kappa shape index (κ1) is 12.2. The number of sulfone groups is 1. The van der Waals surface area contributed by atoms with Crippen LogP contribution in [0.1, 0.15) is 25.5 Å². The SMILES string of the molecule is CCS(=O)(=O)C(C)C(O)c1ccccc1. The summed E-state index contributed by atoms with van der Waals surface area (Å²) < 4.78 is 23.1. The van der Waals surface area contributed by atoms with E-state index in [0.29, 0.717) is 5.56 Å². The number of aliphatic hydroxyl groups excluding tert-OH is 1. The number of aliphatic hydroxyl groups is 1. The molecule has 1 N–H and O–H groups in total. The summed E-state index contributed by atoms with van der Waals surface area (Å²) in [6.45, 7) is 3.13. The predicted molar refractivity (Wildman–Crippen MR) is 60.3 cm³/mol. The molecule has 0 aliphatic heterocycles. The Morgan fingerprint density at radius 1 is 1.27 bits per heavy atom. The van der Waals surface area contributed by atoms with Crippen molar-refractivity contribution in [3.63, 3.8) is 0 Å². The van der Waals surface area contributed by atoms with Crippen LogP contribution in [0.15, 0.2) is 30.3 Å². The molecule has 0 saturated heterocycles. The highest BCUT2D eigenvalue weighted by atomic mass is 32.2. The molecule has 1 aromatic carbocycles. The molecule has 1 rings (SSSR count). The number of benzene rings is 1. The van der Waals surface area contributed by atoms with E-state index in [-0.39, 0.29) is 5.75 Å². The molecule has 0 spiro atoms. The van der Waals surface area contributed by atoms with Crippen LogP contribution in [0.2, 0.25) is 0 Å². The lowest BCUT2D eigenvalue weighted by Crippen LogP contribution is -2.26. The minimum Gasteiger partial charge on any atom is -0.387 e. The molecule has 0 bridgehead atoms.